The molecule has 0 radical (unpaired) electrons. The van der Waals surface area contributed by atoms with Gasteiger partial charge in [-0.1, -0.05) is 54.4 Å². The van der Waals surface area contributed by atoms with E-state index in [9.17, 15) is 0 Å². The van der Waals surface area contributed by atoms with Gasteiger partial charge in [0.25, 0.3) is 11.9 Å². The van der Waals surface area contributed by atoms with Gasteiger partial charge in [-0.3, -0.25) is 9.59 Å². The molecule has 21 heavy (non-hydrogen) atoms. The number of carboxylic acids is 2. The van der Waals surface area contributed by atoms with Crippen LogP contribution in [0, 0.1) is 10.8 Å². The third kappa shape index (κ3) is 24.3. The summed E-state index contributed by atoms with van der Waals surface area (Å²) in [5, 5.41) is 14.8. The molecule has 1 atom stereocenters. The first-order valence-electron chi connectivity index (χ1n) is 6.73. The highest BCUT2D eigenvalue weighted by Crippen LogP contribution is 2.44. The highest BCUT2D eigenvalue weighted by molar-refractivity contribution is 5.63. The van der Waals surface area contributed by atoms with E-state index in [1.54, 1.807) is 0 Å². The van der Waals surface area contributed by atoms with Crippen molar-refractivity contribution in [3.63, 3.8) is 0 Å². The van der Waals surface area contributed by atoms with Crippen molar-refractivity contribution >= 4 is 11.9 Å². The zero-order valence-electron chi connectivity index (χ0n) is 15.2. The Morgan fingerprint density at radius 3 is 1.14 bits per heavy atom. The Morgan fingerprint density at radius 1 is 0.857 bits per heavy atom. The van der Waals surface area contributed by atoms with Gasteiger partial charge in [0, 0.05) is 13.8 Å². The summed E-state index contributed by atoms with van der Waals surface area (Å²) in [6.45, 7) is 16.2. The summed E-state index contributed by atoms with van der Waals surface area (Å²) in [4.78, 5) is 18.0. The van der Waals surface area contributed by atoms with Crippen LogP contribution in [0.25, 0.3) is 0 Å². The fraction of sp³-hybridized carbons (Fsp3) is 0.867. The Morgan fingerprint density at radius 2 is 1.10 bits per heavy atom. The van der Waals surface area contributed by atoms with Crippen molar-refractivity contribution in [3.05, 3.63) is 0 Å². The fourth-order valence-corrected chi connectivity index (χ4v) is 1.63. The Balaban J connectivity index is -0.0000000722. The van der Waals surface area contributed by atoms with Crippen LogP contribution in [0.15, 0.2) is 0 Å². The van der Waals surface area contributed by atoms with Crippen molar-refractivity contribution in [2.45, 2.75) is 74.7 Å². The number of rotatable bonds is 3. The van der Waals surface area contributed by atoms with E-state index in [-0.39, 0.29) is 12.3 Å². The lowest BCUT2D eigenvalue weighted by molar-refractivity contribution is -0.135. The second kappa shape index (κ2) is 15.3. The molecule has 6 heteroatoms. The minimum absolute atomic E-state index is 0. The largest absolute Gasteiger partial charge is 0.481 e. The van der Waals surface area contributed by atoms with Crippen molar-refractivity contribution in [3.8, 4) is 0 Å². The highest BCUT2D eigenvalue weighted by atomic mass is 16.4. The molecule has 8 N–H and O–H groups in total. The summed E-state index contributed by atoms with van der Waals surface area (Å²) < 4.78 is 0. The molecule has 0 aliphatic heterocycles. The van der Waals surface area contributed by atoms with Crippen LogP contribution in [-0.2, 0) is 9.59 Å². The lowest BCUT2D eigenvalue weighted by atomic mass is 9.64. The van der Waals surface area contributed by atoms with Gasteiger partial charge in [0.2, 0.25) is 0 Å². The lowest BCUT2D eigenvalue weighted by Gasteiger charge is -2.41. The van der Waals surface area contributed by atoms with Crippen LogP contribution >= 0.6 is 0 Å². The monoisotopic (exact) mass is 310 g/mol. The van der Waals surface area contributed by atoms with Gasteiger partial charge in [-0.25, -0.2) is 0 Å². The molecule has 0 amide bonds. The van der Waals surface area contributed by atoms with Gasteiger partial charge in [-0.15, -0.1) is 0 Å². The number of hydrogen-bond donors (Lipinski definition) is 4. The summed E-state index contributed by atoms with van der Waals surface area (Å²) in [5.41, 5.74) is 0.986. The molecule has 0 fully saturated rings. The first-order chi connectivity index (χ1) is 8.34. The molecule has 1 unspecified atom stereocenters. The molecule has 0 aliphatic rings. The van der Waals surface area contributed by atoms with Crippen molar-refractivity contribution < 1.29 is 19.8 Å². The van der Waals surface area contributed by atoms with E-state index in [1.807, 2.05) is 0 Å². The number of hydrogen-bond acceptors (Lipinski definition) is 4. The normalized spacial score (nSPS) is 11.8. The second-order valence-corrected chi connectivity index (χ2v) is 5.95. The predicted molar refractivity (Wildman–Crippen MR) is 89.4 cm³/mol. The first-order valence-corrected chi connectivity index (χ1v) is 6.73. The molecule has 0 aromatic carbocycles. The summed E-state index contributed by atoms with van der Waals surface area (Å²) in [5.74, 6) is -1.67. The maximum Gasteiger partial charge on any atom is 0.300 e. The molecule has 0 aliphatic carbocycles. The van der Waals surface area contributed by atoms with Gasteiger partial charge in [0.05, 0.1) is 0 Å². The third-order valence-corrected chi connectivity index (χ3v) is 3.39. The van der Waals surface area contributed by atoms with Crippen LogP contribution in [0.1, 0.15) is 74.7 Å². The zero-order valence-corrected chi connectivity index (χ0v) is 15.2. The van der Waals surface area contributed by atoms with Gasteiger partial charge in [-0.05, 0) is 17.3 Å². The minimum Gasteiger partial charge on any atom is -0.481 e. The molecule has 132 valence electrons. The first kappa shape index (κ1) is 32.0. The quantitative estimate of drug-likeness (QED) is 0.591. The molecule has 0 aromatic rings. The summed E-state index contributed by atoms with van der Waals surface area (Å²) in [7, 11) is 0. The zero-order chi connectivity index (χ0) is 16.3. The van der Waals surface area contributed by atoms with E-state index >= 15 is 0 Å². The smallest absolute Gasteiger partial charge is 0.300 e. The number of carboxylic acid groups (broad SMARTS) is 2. The minimum atomic E-state index is -0.833. The van der Waals surface area contributed by atoms with Crippen molar-refractivity contribution in [2.75, 3.05) is 0 Å². The van der Waals surface area contributed by atoms with Crippen molar-refractivity contribution in [2.24, 2.45) is 10.8 Å². The van der Waals surface area contributed by atoms with Crippen LogP contribution in [0.2, 0.25) is 0 Å². The molecule has 0 rings (SSSR count). The average Bonchev–Trinajstić information content (AvgIpc) is 2.14. The highest BCUT2D eigenvalue weighted by Gasteiger charge is 2.34. The summed E-state index contributed by atoms with van der Waals surface area (Å²) in [6.07, 6.45) is 3.96. The third-order valence-electron chi connectivity index (χ3n) is 3.39. The maximum absolute atomic E-state index is 9.00. The molecular weight excluding hydrogens is 272 g/mol. The molecule has 0 heterocycles. The molecule has 0 spiro atoms. The Labute approximate surface area is 130 Å². The van der Waals surface area contributed by atoms with Gasteiger partial charge < -0.3 is 22.5 Å². The topological polar surface area (TPSA) is 145 Å². The Hall–Kier alpha value is -1.14. The average molecular weight is 310 g/mol. The van der Waals surface area contributed by atoms with Crippen LogP contribution in [-0.4, -0.2) is 22.2 Å². The molecule has 0 saturated carbocycles. The van der Waals surface area contributed by atoms with Crippen LogP contribution < -0.4 is 12.3 Å². The number of aliphatic carboxylic acids is 2. The van der Waals surface area contributed by atoms with E-state index in [1.165, 1.54) is 19.3 Å². The molecule has 0 saturated heterocycles. The van der Waals surface area contributed by atoms with Crippen LogP contribution in [0.5, 0.6) is 0 Å². The molecule has 0 bridgehead atoms. The maximum atomic E-state index is 9.00. The SMILES string of the molecule is CC(=O)O.CC(=O)O.CCCC(C)(CC)C(C)(C)C.N.N. The van der Waals surface area contributed by atoms with Crippen LogP contribution in [0.4, 0.5) is 0 Å². The Bertz CT molecular complexity index is 243. The van der Waals surface area contributed by atoms with Gasteiger partial charge >= 0.3 is 0 Å². The summed E-state index contributed by atoms with van der Waals surface area (Å²) in [6, 6.07) is 0. The van der Waals surface area contributed by atoms with E-state index in [0.29, 0.717) is 10.8 Å². The van der Waals surface area contributed by atoms with Gasteiger partial charge in [-0.2, -0.15) is 0 Å². The van der Waals surface area contributed by atoms with Gasteiger partial charge in [0.15, 0.2) is 0 Å². The van der Waals surface area contributed by atoms with Gasteiger partial charge in [0.1, 0.15) is 0 Å². The van der Waals surface area contributed by atoms with E-state index < -0.39 is 11.9 Å². The Kier molecular flexibility index (Phi) is 23.2. The van der Waals surface area contributed by atoms with Crippen molar-refractivity contribution in [1.82, 2.24) is 12.3 Å². The molecular formula is C15H38N2O4. The lowest BCUT2D eigenvalue weighted by Crippen LogP contribution is -2.31. The summed E-state index contributed by atoms with van der Waals surface area (Å²) >= 11 is 0. The van der Waals surface area contributed by atoms with Crippen LogP contribution in [0.3, 0.4) is 0 Å². The molecule has 0 aromatic heterocycles. The van der Waals surface area contributed by atoms with E-state index in [0.717, 1.165) is 13.8 Å². The van der Waals surface area contributed by atoms with E-state index in [4.69, 9.17) is 19.8 Å². The number of carbonyl (C=O) groups is 2. The van der Waals surface area contributed by atoms with E-state index in [2.05, 4.69) is 41.5 Å². The molecule has 6 nitrogen and oxygen atoms in total. The fourth-order valence-electron chi connectivity index (χ4n) is 1.63. The standard InChI is InChI=1S/C11H24.2C2H4O2.2H3N/c1-7-9-11(6,8-2)10(3,4)5;2*1-2(3)4;;/h7-9H2,1-6H3;2*1H3,(H,3,4);2*1H3. The van der Waals surface area contributed by atoms with Crippen molar-refractivity contribution in [1.29, 1.82) is 0 Å². The predicted octanol–water partition coefficient (Wildman–Crippen LogP) is 4.75. The second-order valence-electron chi connectivity index (χ2n) is 5.95.